The fourth-order valence-corrected chi connectivity index (χ4v) is 2.65. The molecule has 0 amide bonds. The molecule has 2 aromatic heterocycles. The topological polar surface area (TPSA) is 34.9 Å². The molecule has 2 rings (SSSR count). The SMILES string of the molecule is CCc1nc2sccc2n(CBr)c1=O. The maximum atomic E-state index is 11.8. The Labute approximate surface area is 93.5 Å². The van der Waals surface area contributed by atoms with E-state index in [1.165, 1.54) is 0 Å². The molecule has 0 saturated heterocycles. The first-order valence-corrected chi connectivity index (χ1v) is 6.31. The zero-order chi connectivity index (χ0) is 10.1. The molecule has 74 valence electrons. The van der Waals surface area contributed by atoms with Crippen LogP contribution < -0.4 is 5.56 Å². The van der Waals surface area contributed by atoms with Crippen LogP contribution in [-0.4, -0.2) is 9.55 Å². The molecule has 3 nitrogen and oxygen atoms in total. The second-order valence-electron chi connectivity index (χ2n) is 2.88. The van der Waals surface area contributed by atoms with E-state index in [1.807, 2.05) is 18.4 Å². The maximum absolute atomic E-state index is 11.8. The minimum absolute atomic E-state index is 0.00951. The molecule has 0 N–H and O–H groups in total. The van der Waals surface area contributed by atoms with Crippen molar-refractivity contribution in [3.63, 3.8) is 0 Å². The molecule has 0 aromatic carbocycles. The van der Waals surface area contributed by atoms with Crippen LogP contribution >= 0.6 is 27.3 Å². The molecule has 0 bridgehead atoms. The molecule has 0 aliphatic carbocycles. The second-order valence-corrected chi connectivity index (χ2v) is 4.27. The van der Waals surface area contributed by atoms with Gasteiger partial charge < -0.3 is 0 Å². The second kappa shape index (κ2) is 3.82. The van der Waals surface area contributed by atoms with E-state index in [1.54, 1.807) is 15.9 Å². The number of fused-ring (bicyclic) bond motifs is 1. The predicted molar refractivity (Wildman–Crippen MR) is 62.2 cm³/mol. The van der Waals surface area contributed by atoms with Crippen molar-refractivity contribution in [2.45, 2.75) is 18.8 Å². The number of hydrogen-bond donors (Lipinski definition) is 0. The standard InChI is InChI=1S/C9H9BrN2OS/c1-2-6-9(13)12(5-10)7-3-4-14-8(7)11-6/h3-4H,2,5H2,1H3. The first kappa shape index (κ1) is 9.86. The molecular formula is C9H9BrN2OS. The third kappa shape index (κ3) is 1.40. The van der Waals surface area contributed by atoms with E-state index in [9.17, 15) is 4.79 Å². The van der Waals surface area contributed by atoms with E-state index in [0.717, 1.165) is 10.3 Å². The van der Waals surface area contributed by atoms with E-state index in [4.69, 9.17) is 0 Å². The number of halogens is 1. The lowest BCUT2D eigenvalue weighted by Crippen LogP contribution is -2.23. The zero-order valence-corrected chi connectivity index (χ0v) is 10.1. The van der Waals surface area contributed by atoms with E-state index in [-0.39, 0.29) is 5.56 Å². The molecule has 0 spiro atoms. The molecule has 0 atom stereocenters. The number of hydrogen-bond acceptors (Lipinski definition) is 3. The van der Waals surface area contributed by atoms with Gasteiger partial charge in [-0.3, -0.25) is 9.36 Å². The summed E-state index contributed by atoms with van der Waals surface area (Å²) in [5.74, 6) is 0. The average Bonchev–Trinajstić information content (AvgIpc) is 2.64. The quantitative estimate of drug-likeness (QED) is 0.787. The van der Waals surface area contributed by atoms with Crippen molar-refractivity contribution in [2.75, 3.05) is 0 Å². The van der Waals surface area contributed by atoms with Crippen LogP contribution in [0.15, 0.2) is 16.2 Å². The van der Waals surface area contributed by atoms with Crippen LogP contribution in [-0.2, 0) is 11.9 Å². The predicted octanol–water partition coefficient (Wildman–Crippen LogP) is 2.37. The Bertz CT molecular complexity index is 517. The minimum Gasteiger partial charge on any atom is -0.294 e. The van der Waals surface area contributed by atoms with Crippen LogP contribution in [0.2, 0.25) is 0 Å². The van der Waals surface area contributed by atoms with E-state index < -0.39 is 0 Å². The lowest BCUT2D eigenvalue weighted by atomic mass is 10.3. The monoisotopic (exact) mass is 272 g/mol. The van der Waals surface area contributed by atoms with Crippen LogP contribution in [0.25, 0.3) is 10.3 Å². The molecule has 0 aliphatic rings. The van der Waals surface area contributed by atoms with Gasteiger partial charge in [0.2, 0.25) is 0 Å². The molecular weight excluding hydrogens is 264 g/mol. The van der Waals surface area contributed by atoms with Gasteiger partial charge in [-0.2, -0.15) is 0 Å². The summed E-state index contributed by atoms with van der Waals surface area (Å²) in [7, 11) is 0. The first-order valence-electron chi connectivity index (χ1n) is 4.30. The number of rotatable bonds is 2. The Morgan fingerprint density at radius 3 is 3.07 bits per heavy atom. The van der Waals surface area contributed by atoms with Gasteiger partial charge in [-0.05, 0) is 17.9 Å². The average molecular weight is 273 g/mol. The fraction of sp³-hybridized carbons (Fsp3) is 0.333. The Kier molecular flexibility index (Phi) is 2.69. The molecule has 14 heavy (non-hydrogen) atoms. The van der Waals surface area contributed by atoms with Crippen molar-refractivity contribution in [1.29, 1.82) is 0 Å². The summed E-state index contributed by atoms with van der Waals surface area (Å²) in [5.41, 5.74) is 2.08. The van der Waals surface area contributed by atoms with Gasteiger partial charge in [-0.15, -0.1) is 11.3 Å². The summed E-state index contributed by atoms with van der Waals surface area (Å²) in [6.45, 7) is 1.95. The lowest BCUT2D eigenvalue weighted by molar-refractivity contribution is 0.843. The Morgan fingerprint density at radius 2 is 2.43 bits per heavy atom. The van der Waals surface area contributed by atoms with Crippen LogP contribution in [0, 0.1) is 0 Å². The number of alkyl halides is 1. The normalized spacial score (nSPS) is 11.0. The first-order chi connectivity index (χ1) is 6.77. The van der Waals surface area contributed by atoms with Crippen molar-refractivity contribution >= 4 is 37.6 Å². The molecule has 0 aliphatic heterocycles. The summed E-state index contributed by atoms with van der Waals surface area (Å²) in [6.07, 6.45) is 0.680. The highest BCUT2D eigenvalue weighted by Gasteiger charge is 2.08. The Hall–Kier alpha value is -0.680. The van der Waals surface area contributed by atoms with Gasteiger partial charge in [-0.1, -0.05) is 22.9 Å². The number of thiophene rings is 1. The molecule has 2 heterocycles. The smallest absolute Gasteiger partial charge is 0.273 e. The summed E-state index contributed by atoms with van der Waals surface area (Å²) in [5, 5.41) is 1.95. The fourth-order valence-electron chi connectivity index (χ4n) is 1.37. The van der Waals surface area contributed by atoms with Crippen LogP contribution in [0.3, 0.4) is 0 Å². The third-order valence-corrected chi connectivity index (χ3v) is 3.40. The van der Waals surface area contributed by atoms with Gasteiger partial charge in [0.15, 0.2) is 0 Å². The number of aromatic nitrogens is 2. The van der Waals surface area contributed by atoms with Crippen molar-refractivity contribution in [2.24, 2.45) is 0 Å². The van der Waals surface area contributed by atoms with Gasteiger partial charge in [0.1, 0.15) is 10.5 Å². The largest absolute Gasteiger partial charge is 0.294 e. The number of aryl methyl sites for hydroxylation is 1. The molecule has 5 heteroatoms. The highest BCUT2D eigenvalue weighted by atomic mass is 79.9. The van der Waals surface area contributed by atoms with Crippen molar-refractivity contribution in [3.05, 3.63) is 27.5 Å². The number of nitrogens with zero attached hydrogens (tertiary/aromatic N) is 2. The highest BCUT2D eigenvalue weighted by molar-refractivity contribution is 9.08. The molecule has 2 aromatic rings. The van der Waals surface area contributed by atoms with Crippen LogP contribution in [0.1, 0.15) is 12.6 Å². The van der Waals surface area contributed by atoms with E-state index in [2.05, 4.69) is 20.9 Å². The van der Waals surface area contributed by atoms with Gasteiger partial charge in [0, 0.05) is 0 Å². The van der Waals surface area contributed by atoms with Gasteiger partial charge >= 0.3 is 0 Å². The highest BCUT2D eigenvalue weighted by Crippen LogP contribution is 2.17. The summed E-state index contributed by atoms with van der Waals surface area (Å²) < 4.78 is 1.71. The Morgan fingerprint density at radius 1 is 1.64 bits per heavy atom. The van der Waals surface area contributed by atoms with Crippen LogP contribution in [0.4, 0.5) is 0 Å². The molecule has 0 saturated carbocycles. The van der Waals surface area contributed by atoms with Gasteiger partial charge in [-0.25, -0.2) is 4.98 Å². The summed E-state index contributed by atoms with van der Waals surface area (Å²) >= 11 is 4.88. The Balaban J connectivity index is 2.87. The molecule has 0 fully saturated rings. The lowest BCUT2D eigenvalue weighted by Gasteiger charge is -2.04. The van der Waals surface area contributed by atoms with Crippen molar-refractivity contribution in [3.8, 4) is 0 Å². The van der Waals surface area contributed by atoms with E-state index in [0.29, 0.717) is 17.6 Å². The van der Waals surface area contributed by atoms with E-state index >= 15 is 0 Å². The minimum atomic E-state index is 0.00951. The third-order valence-electron chi connectivity index (χ3n) is 2.10. The molecule has 0 unspecified atom stereocenters. The zero-order valence-electron chi connectivity index (χ0n) is 7.66. The van der Waals surface area contributed by atoms with Crippen molar-refractivity contribution in [1.82, 2.24) is 9.55 Å². The summed E-state index contributed by atoms with van der Waals surface area (Å²) in [4.78, 5) is 17.1. The maximum Gasteiger partial charge on any atom is 0.273 e. The van der Waals surface area contributed by atoms with Crippen molar-refractivity contribution < 1.29 is 0 Å². The summed E-state index contributed by atoms with van der Waals surface area (Å²) in [6, 6.07) is 1.93. The van der Waals surface area contributed by atoms with Gasteiger partial charge in [0.25, 0.3) is 5.56 Å². The molecule has 0 radical (unpaired) electrons. The van der Waals surface area contributed by atoms with Gasteiger partial charge in [0.05, 0.1) is 11.0 Å². The van der Waals surface area contributed by atoms with Crippen LogP contribution in [0.5, 0.6) is 0 Å².